The van der Waals surface area contributed by atoms with Crippen molar-refractivity contribution in [3.63, 3.8) is 0 Å². The van der Waals surface area contributed by atoms with Gasteiger partial charge in [-0.3, -0.25) is 0 Å². The van der Waals surface area contributed by atoms with Crippen molar-refractivity contribution in [3.8, 4) is 11.5 Å². The van der Waals surface area contributed by atoms with Crippen LogP contribution in [-0.2, 0) is 0 Å². The maximum absolute atomic E-state index is 5.30. The van der Waals surface area contributed by atoms with Gasteiger partial charge >= 0.3 is 0 Å². The molecule has 2 heteroatoms. The van der Waals surface area contributed by atoms with Crippen molar-refractivity contribution < 1.29 is 9.47 Å². The lowest BCUT2D eigenvalue weighted by molar-refractivity contribution is 0.171. The summed E-state index contributed by atoms with van der Waals surface area (Å²) in [4.78, 5) is 0. The van der Waals surface area contributed by atoms with E-state index in [9.17, 15) is 0 Å². The summed E-state index contributed by atoms with van der Waals surface area (Å²) in [6, 6.07) is 7.70. The van der Waals surface area contributed by atoms with E-state index in [-0.39, 0.29) is 7.43 Å². The zero-order valence-electron chi connectivity index (χ0n) is 7.54. The molecule has 0 aromatic heterocycles. The maximum Gasteiger partial charge on any atom is 0.161 e. The molecule has 74 valence electrons. The molecule has 1 aliphatic heterocycles. The summed E-state index contributed by atoms with van der Waals surface area (Å²) in [6.07, 6.45) is 0. The van der Waals surface area contributed by atoms with E-state index < -0.39 is 0 Å². The lowest BCUT2D eigenvalue weighted by atomic mass is 10.3. The van der Waals surface area contributed by atoms with Gasteiger partial charge in [0.2, 0.25) is 0 Å². The highest BCUT2D eigenvalue weighted by molar-refractivity contribution is 5.40. The van der Waals surface area contributed by atoms with Crippen LogP contribution >= 0.6 is 0 Å². The van der Waals surface area contributed by atoms with Crippen LogP contribution in [0, 0.1) is 0 Å². The number of hydrogen-bond donors (Lipinski definition) is 0. The summed E-state index contributed by atoms with van der Waals surface area (Å²) >= 11 is 0. The molecular weight excluding hydrogens is 164 g/mol. The van der Waals surface area contributed by atoms with Crippen LogP contribution in [-0.4, -0.2) is 13.2 Å². The van der Waals surface area contributed by atoms with Crippen molar-refractivity contribution in [2.24, 2.45) is 0 Å². The Morgan fingerprint density at radius 2 is 1.31 bits per heavy atom. The first-order valence-electron chi connectivity index (χ1n) is 4.31. The van der Waals surface area contributed by atoms with E-state index >= 15 is 0 Å². The molecule has 0 saturated heterocycles. The second-order valence-electron chi connectivity index (χ2n) is 2.14. The van der Waals surface area contributed by atoms with Gasteiger partial charge in [-0.05, 0) is 12.1 Å². The van der Waals surface area contributed by atoms with Gasteiger partial charge in [0.25, 0.3) is 0 Å². The largest absolute Gasteiger partial charge is 0.486 e. The van der Waals surface area contributed by atoms with E-state index in [2.05, 4.69) is 0 Å². The second kappa shape index (κ2) is 6.35. The minimum absolute atomic E-state index is 0. The SMILES string of the molecule is C.CC.c1ccc2c(c1)OCCO2. The average Bonchev–Trinajstić information content (AvgIpc) is 2.21. The number of rotatable bonds is 0. The monoisotopic (exact) mass is 182 g/mol. The topological polar surface area (TPSA) is 18.5 Å². The maximum atomic E-state index is 5.30. The first kappa shape index (κ1) is 11.8. The van der Waals surface area contributed by atoms with Gasteiger partial charge in [-0.2, -0.15) is 0 Å². The molecule has 0 spiro atoms. The summed E-state index contributed by atoms with van der Waals surface area (Å²) < 4.78 is 10.6. The molecule has 1 aromatic rings. The summed E-state index contributed by atoms with van der Waals surface area (Å²) in [5.74, 6) is 1.71. The Kier molecular flexibility index (Phi) is 5.77. The van der Waals surface area contributed by atoms with E-state index in [1.165, 1.54) is 0 Å². The Bertz CT molecular complexity index is 208. The number of benzene rings is 1. The predicted octanol–water partition coefficient (Wildman–Crippen LogP) is 3.12. The lowest BCUT2D eigenvalue weighted by Gasteiger charge is -2.17. The quantitative estimate of drug-likeness (QED) is 0.613. The molecule has 1 aliphatic rings. The Morgan fingerprint density at radius 3 is 1.69 bits per heavy atom. The standard InChI is InChI=1S/C8H8O2.C2H6.CH4/c1-2-4-8-7(3-1)9-5-6-10-8;1-2;/h1-4H,5-6H2;1-2H3;1H4. The normalized spacial score (nSPS) is 11.8. The van der Waals surface area contributed by atoms with Crippen LogP contribution in [0.15, 0.2) is 24.3 Å². The Labute approximate surface area is 80.5 Å². The van der Waals surface area contributed by atoms with Gasteiger partial charge in [-0.1, -0.05) is 33.4 Å². The van der Waals surface area contributed by atoms with Crippen molar-refractivity contribution >= 4 is 0 Å². The molecular formula is C11H18O2. The minimum atomic E-state index is 0. The van der Waals surface area contributed by atoms with Crippen LogP contribution in [0.3, 0.4) is 0 Å². The van der Waals surface area contributed by atoms with E-state index in [0.29, 0.717) is 13.2 Å². The Balaban J connectivity index is 0.000000451. The molecule has 0 saturated carbocycles. The van der Waals surface area contributed by atoms with Crippen molar-refractivity contribution in [3.05, 3.63) is 24.3 Å². The Hall–Kier alpha value is -1.18. The van der Waals surface area contributed by atoms with Crippen molar-refractivity contribution in [1.82, 2.24) is 0 Å². The molecule has 0 radical (unpaired) electrons. The van der Waals surface area contributed by atoms with Gasteiger partial charge in [0.05, 0.1) is 0 Å². The van der Waals surface area contributed by atoms with Crippen molar-refractivity contribution in [2.75, 3.05) is 13.2 Å². The molecule has 1 aromatic carbocycles. The first-order valence-corrected chi connectivity index (χ1v) is 4.31. The molecule has 0 aliphatic carbocycles. The van der Waals surface area contributed by atoms with Gasteiger partial charge < -0.3 is 9.47 Å². The highest BCUT2D eigenvalue weighted by atomic mass is 16.6. The van der Waals surface area contributed by atoms with Crippen molar-refractivity contribution in [2.45, 2.75) is 21.3 Å². The van der Waals surface area contributed by atoms with Crippen LogP contribution in [0.25, 0.3) is 0 Å². The zero-order valence-corrected chi connectivity index (χ0v) is 7.54. The molecule has 1 heterocycles. The average molecular weight is 182 g/mol. The fraction of sp³-hybridized carbons (Fsp3) is 0.455. The van der Waals surface area contributed by atoms with Crippen LogP contribution in [0.2, 0.25) is 0 Å². The molecule has 0 bridgehead atoms. The highest BCUT2D eigenvalue weighted by Gasteiger charge is 2.07. The summed E-state index contributed by atoms with van der Waals surface area (Å²) in [6.45, 7) is 5.33. The van der Waals surface area contributed by atoms with Crippen LogP contribution < -0.4 is 9.47 Å². The molecule has 2 nitrogen and oxygen atoms in total. The van der Waals surface area contributed by atoms with E-state index in [1.54, 1.807) is 0 Å². The molecule has 0 fully saturated rings. The number of hydrogen-bond acceptors (Lipinski definition) is 2. The van der Waals surface area contributed by atoms with Gasteiger partial charge in [0, 0.05) is 0 Å². The van der Waals surface area contributed by atoms with Crippen LogP contribution in [0.5, 0.6) is 11.5 Å². The zero-order chi connectivity index (χ0) is 8.81. The molecule has 0 amide bonds. The summed E-state index contributed by atoms with van der Waals surface area (Å²) in [5.41, 5.74) is 0. The fourth-order valence-electron chi connectivity index (χ4n) is 0.992. The van der Waals surface area contributed by atoms with E-state index in [4.69, 9.17) is 9.47 Å². The van der Waals surface area contributed by atoms with Gasteiger partial charge in [0.1, 0.15) is 13.2 Å². The highest BCUT2D eigenvalue weighted by Crippen LogP contribution is 2.28. The Morgan fingerprint density at radius 1 is 0.923 bits per heavy atom. The van der Waals surface area contributed by atoms with Gasteiger partial charge in [-0.15, -0.1) is 0 Å². The van der Waals surface area contributed by atoms with Crippen LogP contribution in [0.4, 0.5) is 0 Å². The van der Waals surface area contributed by atoms with Gasteiger partial charge in [-0.25, -0.2) is 0 Å². The third kappa shape index (κ3) is 2.98. The summed E-state index contributed by atoms with van der Waals surface area (Å²) in [7, 11) is 0. The van der Waals surface area contributed by atoms with Crippen LogP contribution in [0.1, 0.15) is 21.3 Å². The predicted molar refractivity (Wildman–Crippen MR) is 55.5 cm³/mol. The number of ether oxygens (including phenoxy) is 2. The van der Waals surface area contributed by atoms with Gasteiger partial charge in [0.15, 0.2) is 11.5 Å². The first-order chi connectivity index (χ1) is 5.97. The smallest absolute Gasteiger partial charge is 0.161 e. The number of para-hydroxylation sites is 2. The third-order valence-electron chi connectivity index (χ3n) is 1.45. The summed E-state index contributed by atoms with van der Waals surface area (Å²) in [5, 5.41) is 0. The number of fused-ring (bicyclic) bond motifs is 1. The van der Waals surface area contributed by atoms with Crippen molar-refractivity contribution in [1.29, 1.82) is 0 Å². The van der Waals surface area contributed by atoms with E-state index in [0.717, 1.165) is 11.5 Å². The third-order valence-corrected chi connectivity index (χ3v) is 1.45. The molecule has 0 atom stereocenters. The molecule has 0 N–H and O–H groups in total. The molecule has 0 unspecified atom stereocenters. The minimum Gasteiger partial charge on any atom is -0.486 e. The van der Waals surface area contributed by atoms with E-state index in [1.807, 2.05) is 38.1 Å². The fourth-order valence-corrected chi connectivity index (χ4v) is 0.992. The lowest BCUT2D eigenvalue weighted by Crippen LogP contribution is -2.14. The second-order valence-corrected chi connectivity index (χ2v) is 2.14. The molecule has 2 rings (SSSR count). The molecule has 13 heavy (non-hydrogen) atoms.